The molecular weight excluding hydrogens is 454 g/mol. The number of amides is 1. The van der Waals surface area contributed by atoms with E-state index < -0.39 is 15.7 Å². The molecule has 11 nitrogen and oxygen atoms in total. The number of benzene rings is 2. The van der Waals surface area contributed by atoms with Crippen molar-refractivity contribution >= 4 is 21.8 Å². The highest BCUT2D eigenvalue weighted by Gasteiger charge is 2.20. The summed E-state index contributed by atoms with van der Waals surface area (Å²) in [6, 6.07) is 8.97. The average molecular weight is 477 g/mol. The first-order chi connectivity index (χ1) is 15.8. The number of carbonyl (C=O) groups is 1. The standard InChI is InChI=1S/C21H23N3O8S/c1-28-14-5-7-15(8-6-14)33(26,27)10-9-18(25)22-21-24-23-20(32-21)13-11-16(29-2)19(31-4)17(12-13)30-3/h5-8,11-12H,9-10H2,1-4H3,(H,22,24,25). The van der Waals surface area contributed by atoms with Gasteiger partial charge in [0.05, 0.1) is 39.1 Å². The van der Waals surface area contributed by atoms with Crippen molar-refractivity contribution in [2.75, 3.05) is 39.5 Å². The zero-order valence-corrected chi connectivity index (χ0v) is 19.3. The van der Waals surface area contributed by atoms with E-state index in [9.17, 15) is 13.2 Å². The number of rotatable bonds is 10. The number of methoxy groups -OCH3 is 4. The monoisotopic (exact) mass is 477 g/mol. The van der Waals surface area contributed by atoms with Crippen LogP contribution in [0, 0.1) is 0 Å². The van der Waals surface area contributed by atoms with E-state index in [2.05, 4.69) is 15.5 Å². The van der Waals surface area contributed by atoms with Crippen LogP contribution in [0.25, 0.3) is 11.5 Å². The normalized spacial score (nSPS) is 11.0. The smallest absolute Gasteiger partial charge is 0.322 e. The maximum absolute atomic E-state index is 12.4. The molecule has 0 fully saturated rings. The highest BCUT2D eigenvalue weighted by atomic mass is 32.2. The lowest BCUT2D eigenvalue weighted by Crippen LogP contribution is -2.17. The molecule has 3 rings (SSSR count). The summed E-state index contributed by atoms with van der Waals surface area (Å²) >= 11 is 0. The Hall–Kier alpha value is -3.80. The first-order valence-electron chi connectivity index (χ1n) is 9.61. The zero-order chi connectivity index (χ0) is 24.0. The van der Waals surface area contributed by atoms with Crippen LogP contribution >= 0.6 is 0 Å². The van der Waals surface area contributed by atoms with Gasteiger partial charge in [-0.1, -0.05) is 5.10 Å². The Morgan fingerprint density at radius 3 is 2.12 bits per heavy atom. The number of aromatic nitrogens is 2. The number of nitrogens with one attached hydrogen (secondary N) is 1. The summed E-state index contributed by atoms with van der Waals surface area (Å²) in [6.45, 7) is 0. The Morgan fingerprint density at radius 1 is 0.939 bits per heavy atom. The van der Waals surface area contributed by atoms with Gasteiger partial charge in [0, 0.05) is 12.0 Å². The number of hydrogen-bond acceptors (Lipinski definition) is 10. The average Bonchev–Trinajstić information content (AvgIpc) is 3.30. The molecule has 0 bridgehead atoms. The van der Waals surface area contributed by atoms with Crippen LogP contribution in [0.5, 0.6) is 23.0 Å². The van der Waals surface area contributed by atoms with Crippen molar-refractivity contribution in [1.29, 1.82) is 0 Å². The van der Waals surface area contributed by atoms with E-state index in [0.717, 1.165) is 0 Å². The van der Waals surface area contributed by atoms with E-state index in [1.807, 2.05) is 0 Å². The molecule has 0 atom stereocenters. The van der Waals surface area contributed by atoms with Gasteiger partial charge in [0.1, 0.15) is 5.75 Å². The summed E-state index contributed by atoms with van der Waals surface area (Å²) < 4.78 is 51.3. The molecule has 12 heteroatoms. The molecule has 0 aliphatic carbocycles. The molecule has 1 heterocycles. The van der Waals surface area contributed by atoms with E-state index in [-0.39, 0.29) is 29.0 Å². The molecule has 3 aromatic rings. The van der Waals surface area contributed by atoms with Gasteiger partial charge < -0.3 is 23.4 Å². The van der Waals surface area contributed by atoms with E-state index >= 15 is 0 Å². The van der Waals surface area contributed by atoms with E-state index in [0.29, 0.717) is 28.6 Å². The van der Waals surface area contributed by atoms with Gasteiger partial charge in [-0.2, -0.15) is 0 Å². The molecule has 176 valence electrons. The summed E-state index contributed by atoms with van der Waals surface area (Å²) in [6.07, 6.45) is -0.295. The summed E-state index contributed by atoms with van der Waals surface area (Å²) in [5.74, 6) is 0.821. The molecule has 2 aromatic carbocycles. The lowest BCUT2D eigenvalue weighted by atomic mass is 10.2. The van der Waals surface area contributed by atoms with Crippen LogP contribution in [0.2, 0.25) is 0 Å². The van der Waals surface area contributed by atoms with E-state index in [4.69, 9.17) is 23.4 Å². The van der Waals surface area contributed by atoms with Crippen LogP contribution in [-0.4, -0.2) is 58.7 Å². The van der Waals surface area contributed by atoms with Gasteiger partial charge in [-0.15, -0.1) is 5.10 Å². The van der Waals surface area contributed by atoms with Crippen LogP contribution < -0.4 is 24.3 Å². The van der Waals surface area contributed by atoms with Crippen LogP contribution in [0.3, 0.4) is 0 Å². The molecule has 0 spiro atoms. The Balaban J connectivity index is 1.67. The minimum Gasteiger partial charge on any atom is -0.497 e. The van der Waals surface area contributed by atoms with Crippen molar-refractivity contribution in [3.63, 3.8) is 0 Å². The minimum atomic E-state index is -3.66. The molecule has 0 radical (unpaired) electrons. The Kier molecular flexibility index (Phi) is 7.38. The summed E-state index contributed by atoms with van der Waals surface area (Å²) in [7, 11) is 2.26. The molecule has 1 aromatic heterocycles. The van der Waals surface area contributed by atoms with Crippen molar-refractivity contribution in [3.05, 3.63) is 36.4 Å². The third-order valence-electron chi connectivity index (χ3n) is 4.60. The van der Waals surface area contributed by atoms with Crippen molar-refractivity contribution in [3.8, 4) is 34.5 Å². The number of hydrogen-bond donors (Lipinski definition) is 1. The lowest BCUT2D eigenvalue weighted by Gasteiger charge is -2.12. The van der Waals surface area contributed by atoms with Crippen LogP contribution in [0.1, 0.15) is 6.42 Å². The quantitative estimate of drug-likeness (QED) is 0.463. The molecule has 0 saturated heterocycles. The third kappa shape index (κ3) is 5.52. The summed E-state index contributed by atoms with van der Waals surface area (Å²) in [5.41, 5.74) is 0.472. The first-order valence-corrected chi connectivity index (χ1v) is 11.3. The third-order valence-corrected chi connectivity index (χ3v) is 6.33. The molecule has 1 N–H and O–H groups in total. The topological polar surface area (TPSA) is 139 Å². The van der Waals surface area contributed by atoms with E-state index in [1.54, 1.807) is 12.1 Å². The van der Waals surface area contributed by atoms with Gasteiger partial charge in [-0.25, -0.2) is 8.42 Å². The second kappa shape index (κ2) is 10.2. The number of ether oxygens (including phenoxy) is 4. The predicted molar refractivity (Wildman–Crippen MR) is 118 cm³/mol. The lowest BCUT2D eigenvalue weighted by molar-refractivity contribution is -0.115. The van der Waals surface area contributed by atoms with Crippen molar-refractivity contribution in [2.45, 2.75) is 11.3 Å². The second-order valence-corrected chi connectivity index (χ2v) is 8.73. The minimum absolute atomic E-state index is 0.0930. The Morgan fingerprint density at radius 2 is 1.58 bits per heavy atom. The molecule has 0 aliphatic heterocycles. The maximum atomic E-state index is 12.4. The molecule has 0 unspecified atom stereocenters. The Labute approximate surface area is 190 Å². The zero-order valence-electron chi connectivity index (χ0n) is 18.4. The highest BCUT2D eigenvalue weighted by Crippen LogP contribution is 2.41. The second-order valence-electron chi connectivity index (χ2n) is 6.62. The highest BCUT2D eigenvalue weighted by molar-refractivity contribution is 7.91. The molecular formula is C21H23N3O8S. The van der Waals surface area contributed by atoms with Crippen LogP contribution in [0.4, 0.5) is 6.01 Å². The number of carbonyl (C=O) groups excluding carboxylic acids is 1. The fourth-order valence-corrected chi connectivity index (χ4v) is 4.15. The van der Waals surface area contributed by atoms with Gasteiger partial charge in [-0.05, 0) is 36.4 Å². The predicted octanol–water partition coefficient (Wildman–Crippen LogP) is 2.57. The largest absolute Gasteiger partial charge is 0.497 e. The van der Waals surface area contributed by atoms with Gasteiger partial charge in [0.15, 0.2) is 21.3 Å². The van der Waals surface area contributed by atoms with Gasteiger partial charge in [0.25, 0.3) is 0 Å². The van der Waals surface area contributed by atoms with E-state index in [1.165, 1.54) is 52.7 Å². The molecule has 1 amide bonds. The van der Waals surface area contributed by atoms with Gasteiger partial charge >= 0.3 is 6.01 Å². The van der Waals surface area contributed by atoms with Crippen LogP contribution in [0.15, 0.2) is 45.7 Å². The summed E-state index contributed by atoms with van der Waals surface area (Å²) in [4.78, 5) is 12.3. The first kappa shape index (κ1) is 23.9. The molecule has 0 saturated carbocycles. The van der Waals surface area contributed by atoms with Crippen LogP contribution in [-0.2, 0) is 14.6 Å². The van der Waals surface area contributed by atoms with Gasteiger partial charge in [-0.3, -0.25) is 10.1 Å². The molecule has 33 heavy (non-hydrogen) atoms. The number of sulfone groups is 1. The van der Waals surface area contributed by atoms with Gasteiger partial charge in [0.2, 0.25) is 17.5 Å². The van der Waals surface area contributed by atoms with Crippen molar-refractivity contribution in [2.24, 2.45) is 0 Å². The number of nitrogens with zero attached hydrogens (tertiary/aromatic N) is 2. The number of anilines is 1. The fraction of sp³-hybridized carbons (Fsp3) is 0.286. The molecule has 0 aliphatic rings. The summed E-state index contributed by atoms with van der Waals surface area (Å²) in [5, 5.41) is 10.1. The van der Waals surface area contributed by atoms with Crippen molar-refractivity contribution in [1.82, 2.24) is 10.2 Å². The van der Waals surface area contributed by atoms with Crippen molar-refractivity contribution < 1.29 is 36.6 Å². The SMILES string of the molecule is COc1ccc(S(=O)(=O)CCC(=O)Nc2nnc(-c3cc(OC)c(OC)c(OC)c3)o2)cc1. The maximum Gasteiger partial charge on any atom is 0.322 e. The Bertz CT molecular complexity index is 1200. The fourth-order valence-electron chi connectivity index (χ4n) is 2.90.